The Morgan fingerprint density at radius 2 is 2.00 bits per heavy atom. The van der Waals surface area contributed by atoms with Gasteiger partial charge in [0.2, 0.25) is 0 Å². The van der Waals surface area contributed by atoms with Gasteiger partial charge in [-0.1, -0.05) is 0 Å². The Labute approximate surface area is 113 Å². The number of amides is 2. The minimum atomic E-state index is -0.805. The zero-order valence-corrected chi connectivity index (χ0v) is 11.5. The maximum atomic E-state index is 12.1. The first kappa shape index (κ1) is 14.1. The fourth-order valence-corrected chi connectivity index (χ4v) is 2.52. The molecule has 2 amide bonds. The molecule has 0 spiro atoms. The number of nitrogens with zero attached hydrogens (tertiary/aromatic N) is 2. The van der Waals surface area contributed by atoms with Crippen LogP contribution in [0.4, 0.5) is 4.79 Å². The minimum Gasteiger partial charge on any atom is -0.480 e. The van der Waals surface area contributed by atoms with Gasteiger partial charge in [0, 0.05) is 32.2 Å². The first-order valence-corrected chi connectivity index (χ1v) is 7.06. The van der Waals surface area contributed by atoms with Crippen molar-refractivity contribution in [3.63, 3.8) is 0 Å². The molecule has 2 N–H and O–H groups in total. The fourth-order valence-electron chi connectivity index (χ4n) is 2.52. The number of aliphatic carboxylic acids is 1. The molecule has 1 heterocycles. The van der Waals surface area contributed by atoms with Crippen LogP contribution in [0.15, 0.2) is 0 Å². The van der Waals surface area contributed by atoms with Crippen LogP contribution in [-0.2, 0) is 4.79 Å². The summed E-state index contributed by atoms with van der Waals surface area (Å²) >= 11 is 0. The molecule has 1 saturated carbocycles. The molecule has 0 bridgehead atoms. The molecule has 0 aromatic heterocycles. The van der Waals surface area contributed by atoms with Gasteiger partial charge in [0.05, 0.1) is 6.54 Å². The summed E-state index contributed by atoms with van der Waals surface area (Å²) in [5.74, 6) is -0.153. The lowest BCUT2D eigenvalue weighted by atomic mass is 10.2. The molecule has 2 fully saturated rings. The maximum Gasteiger partial charge on any atom is 0.317 e. The van der Waals surface area contributed by atoms with E-state index in [0.717, 1.165) is 13.0 Å². The molecule has 1 aliphatic carbocycles. The maximum absolute atomic E-state index is 12.1. The minimum absolute atomic E-state index is 0.00317. The average Bonchev–Trinajstić information content (AvgIpc) is 3.15. The molecule has 1 unspecified atom stereocenters. The lowest BCUT2D eigenvalue weighted by molar-refractivity contribution is -0.138. The van der Waals surface area contributed by atoms with Gasteiger partial charge in [0.1, 0.15) is 0 Å². The number of carbonyl (C=O) groups excluding carboxylic acids is 1. The molecule has 108 valence electrons. The van der Waals surface area contributed by atoms with E-state index < -0.39 is 5.97 Å². The Balaban J connectivity index is 1.77. The van der Waals surface area contributed by atoms with E-state index in [4.69, 9.17) is 5.11 Å². The van der Waals surface area contributed by atoms with Gasteiger partial charge in [0.25, 0.3) is 0 Å². The first-order valence-electron chi connectivity index (χ1n) is 7.06. The molecular formula is C13H23N3O3. The molecule has 0 aromatic rings. The van der Waals surface area contributed by atoms with Crippen molar-refractivity contribution in [2.75, 3.05) is 32.7 Å². The van der Waals surface area contributed by atoms with Crippen molar-refractivity contribution in [3.8, 4) is 0 Å². The third-order valence-corrected chi connectivity index (χ3v) is 3.91. The predicted molar refractivity (Wildman–Crippen MR) is 71.0 cm³/mol. The summed E-state index contributed by atoms with van der Waals surface area (Å²) in [6.45, 7) is 4.82. The Bertz CT molecular complexity index is 344. The van der Waals surface area contributed by atoms with Crippen LogP contribution in [0.2, 0.25) is 0 Å². The molecule has 0 aromatic carbocycles. The first-order chi connectivity index (χ1) is 9.06. The van der Waals surface area contributed by atoms with E-state index in [-0.39, 0.29) is 18.6 Å². The van der Waals surface area contributed by atoms with Gasteiger partial charge in [-0.2, -0.15) is 0 Å². The van der Waals surface area contributed by atoms with Crippen molar-refractivity contribution in [2.45, 2.75) is 32.2 Å². The lowest BCUT2D eigenvalue weighted by Gasteiger charge is -2.24. The molecule has 2 rings (SSSR count). The predicted octanol–water partition coefficient (Wildman–Crippen LogP) is 0.587. The van der Waals surface area contributed by atoms with E-state index >= 15 is 0 Å². The van der Waals surface area contributed by atoms with E-state index in [1.165, 1.54) is 12.8 Å². The number of hydrogen-bond donors (Lipinski definition) is 2. The molecule has 2 aliphatic rings. The van der Waals surface area contributed by atoms with Crippen molar-refractivity contribution in [1.29, 1.82) is 0 Å². The van der Waals surface area contributed by atoms with Crippen LogP contribution in [-0.4, -0.2) is 65.7 Å². The number of carboxylic acid groups (broad SMARTS) is 1. The standard InChI is InChI=1S/C13H23N3O3/c1-10(11-3-4-11)14-13(19)16-6-2-5-15(7-8-16)9-12(17)18/h10-11H,2-9H2,1H3,(H,14,19)(H,17,18). The average molecular weight is 269 g/mol. The highest BCUT2D eigenvalue weighted by Crippen LogP contribution is 2.32. The number of carboxylic acids is 1. The lowest BCUT2D eigenvalue weighted by Crippen LogP contribution is -2.46. The van der Waals surface area contributed by atoms with Gasteiger partial charge in [-0.3, -0.25) is 9.69 Å². The quantitative estimate of drug-likeness (QED) is 0.783. The van der Waals surface area contributed by atoms with Crippen LogP contribution in [0.25, 0.3) is 0 Å². The molecule has 19 heavy (non-hydrogen) atoms. The highest BCUT2D eigenvalue weighted by Gasteiger charge is 2.30. The molecule has 6 nitrogen and oxygen atoms in total. The Kier molecular flexibility index (Phi) is 4.63. The summed E-state index contributed by atoms with van der Waals surface area (Å²) in [5, 5.41) is 11.8. The van der Waals surface area contributed by atoms with Crippen molar-refractivity contribution in [3.05, 3.63) is 0 Å². The number of nitrogens with one attached hydrogen (secondary N) is 1. The Morgan fingerprint density at radius 3 is 2.63 bits per heavy atom. The van der Waals surface area contributed by atoms with Crippen molar-refractivity contribution in [1.82, 2.24) is 15.1 Å². The van der Waals surface area contributed by atoms with Crippen LogP contribution >= 0.6 is 0 Å². The van der Waals surface area contributed by atoms with Gasteiger partial charge in [0.15, 0.2) is 0 Å². The highest BCUT2D eigenvalue weighted by atomic mass is 16.4. The van der Waals surface area contributed by atoms with Crippen molar-refractivity contribution in [2.24, 2.45) is 5.92 Å². The largest absolute Gasteiger partial charge is 0.480 e. The van der Waals surface area contributed by atoms with E-state index in [1.54, 1.807) is 4.90 Å². The normalized spacial score (nSPS) is 22.7. The number of urea groups is 1. The second kappa shape index (κ2) is 6.23. The van der Waals surface area contributed by atoms with Crippen molar-refractivity contribution < 1.29 is 14.7 Å². The summed E-state index contributed by atoms with van der Waals surface area (Å²) in [5.41, 5.74) is 0. The zero-order valence-electron chi connectivity index (χ0n) is 11.5. The van der Waals surface area contributed by atoms with Gasteiger partial charge in [-0.25, -0.2) is 4.79 Å². The van der Waals surface area contributed by atoms with Crippen LogP contribution < -0.4 is 5.32 Å². The molecule has 1 atom stereocenters. The summed E-state index contributed by atoms with van der Waals surface area (Å²) in [4.78, 5) is 26.5. The van der Waals surface area contributed by atoms with Crippen LogP contribution in [0.1, 0.15) is 26.2 Å². The van der Waals surface area contributed by atoms with Crippen LogP contribution in [0, 0.1) is 5.92 Å². The van der Waals surface area contributed by atoms with Crippen LogP contribution in [0.3, 0.4) is 0 Å². The van der Waals surface area contributed by atoms with Gasteiger partial charge < -0.3 is 15.3 Å². The molecule has 1 aliphatic heterocycles. The van der Waals surface area contributed by atoms with Crippen LogP contribution in [0.5, 0.6) is 0 Å². The number of carbonyl (C=O) groups is 2. The van der Waals surface area contributed by atoms with Gasteiger partial charge >= 0.3 is 12.0 Å². The molecule has 6 heteroatoms. The third kappa shape index (κ3) is 4.38. The SMILES string of the molecule is CC(NC(=O)N1CCCN(CC(=O)O)CC1)C1CC1. The second-order valence-electron chi connectivity index (χ2n) is 5.59. The summed E-state index contributed by atoms with van der Waals surface area (Å²) in [6, 6.07) is 0.252. The number of hydrogen-bond acceptors (Lipinski definition) is 3. The topological polar surface area (TPSA) is 72.9 Å². The van der Waals surface area contributed by atoms with E-state index in [9.17, 15) is 9.59 Å². The molecule has 1 saturated heterocycles. The third-order valence-electron chi connectivity index (χ3n) is 3.91. The van der Waals surface area contributed by atoms with E-state index in [1.807, 2.05) is 4.90 Å². The Hall–Kier alpha value is -1.30. The monoisotopic (exact) mass is 269 g/mol. The highest BCUT2D eigenvalue weighted by molar-refractivity contribution is 5.74. The van der Waals surface area contributed by atoms with Gasteiger partial charge in [-0.05, 0) is 32.1 Å². The zero-order chi connectivity index (χ0) is 13.8. The number of rotatable bonds is 4. The summed E-state index contributed by atoms with van der Waals surface area (Å²) in [7, 11) is 0. The molecule has 0 radical (unpaired) electrons. The van der Waals surface area contributed by atoms with Gasteiger partial charge in [-0.15, -0.1) is 0 Å². The van der Waals surface area contributed by atoms with E-state index in [2.05, 4.69) is 12.2 Å². The van der Waals surface area contributed by atoms with E-state index in [0.29, 0.717) is 25.6 Å². The fraction of sp³-hybridized carbons (Fsp3) is 0.846. The molecular weight excluding hydrogens is 246 g/mol. The second-order valence-corrected chi connectivity index (χ2v) is 5.59. The van der Waals surface area contributed by atoms with Crippen molar-refractivity contribution >= 4 is 12.0 Å². The summed E-state index contributed by atoms with van der Waals surface area (Å²) in [6.07, 6.45) is 3.26. The smallest absolute Gasteiger partial charge is 0.317 e. The Morgan fingerprint density at radius 1 is 1.26 bits per heavy atom. The summed E-state index contributed by atoms with van der Waals surface area (Å²) < 4.78 is 0.